The number of thiophene rings is 1. The van der Waals surface area contributed by atoms with Crippen LogP contribution in [0.4, 0.5) is 0 Å². The maximum Gasteiger partial charge on any atom is 0.252 e. The van der Waals surface area contributed by atoms with Crippen molar-refractivity contribution in [3.8, 4) is 5.75 Å². The van der Waals surface area contributed by atoms with Crippen LogP contribution in [-0.2, 0) is 22.9 Å². The van der Waals surface area contributed by atoms with Crippen LogP contribution in [0.15, 0.2) is 40.6 Å². The maximum absolute atomic E-state index is 12.9. The third-order valence-corrected chi connectivity index (χ3v) is 8.96. The van der Waals surface area contributed by atoms with Crippen LogP contribution >= 0.6 is 11.3 Å². The number of sulfonamides is 1. The predicted molar refractivity (Wildman–Crippen MR) is 99.8 cm³/mol. The fraction of sp³-hybridized carbons (Fsp3) is 0.474. The second kappa shape index (κ2) is 6.41. The Kier molecular flexibility index (Phi) is 4.38. The van der Waals surface area contributed by atoms with Crippen LogP contribution in [0.2, 0.25) is 0 Å². The molecular weight excluding hydrogens is 354 g/mol. The standard InChI is InChI=1S/C19H23NO3S2/c1-2-16-7-8-18(24-16)25(21,22)20-13-11-19(12-14-20)10-9-15-5-3-4-6-17(15)23-19/h3-8H,2,9-14H2,1H3. The van der Waals surface area contributed by atoms with Gasteiger partial charge in [0.05, 0.1) is 0 Å². The van der Waals surface area contributed by atoms with Crippen molar-refractivity contribution in [3.63, 3.8) is 0 Å². The summed E-state index contributed by atoms with van der Waals surface area (Å²) in [6, 6.07) is 11.8. The molecule has 0 N–H and O–H groups in total. The first-order valence-corrected chi connectivity index (χ1v) is 11.1. The highest BCUT2D eigenvalue weighted by molar-refractivity contribution is 7.91. The molecule has 1 aromatic carbocycles. The van der Waals surface area contributed by atoms with E-state index in [1.54, 1.807) is 10.4 Å². The van der Waals surface area contributed by atoms with E-state index in [2.05, 4.69) is 6.07 Å². The fourth-order valence-electron chi connectivity index (χ4n) is 3.76. The Morgan fingerprint density at radius 2 is 1.88 bits per heavy atom. The smallest absolute Gasteiger partial charge is 0.252 e. The van der Waals surface area contributed by atoms with Gasteiger partial charge >= 0.3 is 0 Å². The molecule has 4 nitrogen and oxygen atoms in total. The molecule has 134 valence electrons. The van der Waals surface area contributed by atoms with Crippen LogP contribution in [0, 0.1) is 0 Å². The molecule has 0 atom stereocenters. The minimum Gasteiger partial charge on any atom is -0.487 e. The van der Waals surface area contributed by atoms with E-state index in [-0.39, 0.29) is 5.60 Å². The summed E-state index contributed by atoms with van der Waals surface area (Å²) in [4.78, 5) is 1.11. The first-order chi connectivity index (χ1) is 12.0. The summed E-state index contributed by atoms with van der Waals surface area (Å²) < 4.78 is 34.2. The summed E-state index contributed by atoms with van der Waals surface area (Å²) >= 11 is 1.39. The fourth-order valence-corrected chi connectivity index (χ4v) is 6.65. The van der Waals surface area contributed by atoms with Gasteiger partial charge in [-0.05, 0) is 43.0 Å². The number of aryl methyl sites for hydroxylation is 2. The number of nitrogens with zero attached hydrogens (tertiary/aromatic N) is 1. The first-order valence-electron chi connectivity index (χ1n) is 8.88. The van der Waals surface area contributed by atoms with E-state index in [4.69, 9.17) is 4.74 Å². The zero-order chi connectivity index (χ0) is 17.5. The SMILES string of the molecule is CCc1ccc(S(=O)(=O)N2CCC3(CCc4ccccc4O3)CC2)s1. The van der Waals surface area contributed by atoms with E-state index in [1.165, 1.54) is 16.9 Å². The topological polar surface area (TPSA) is 46.6 Å². The van der Waals surface area contributed by atoms with Crippen LogP contribution in [0.3, 0.4) is 0 Å². The largest absolute Gasteiger partial charge is 0.487 e. The van der Waals surface area contributed by atoms with Gasteiger partial charge in [0, 0.05) is 30.8 Å². The maximum atomic E-state index is 12.9. The summed E-state index contributed by atoms with van der Waals surface area (Å²) in [5.41, 5.74) is 1.05. The van der Waals surface area contributed by atoms with Gasteiger partial charge in [0.1, 0.15) is 15.6 Å². The van der Waals surface area contributed by atoms with E-state index >= 15 is 0 Å². The number of piperidine rings is 1. The molecule has 1 aromatic heterocycles. The molecule has 0 unspecified atom stereocenters. The Morgan fingerprint density at radius 1 is 1.12 bits per heavy atom. The van der Waals surface area contributed by atoms with Crippen LogP contribution < -0.4 is 4.74 Å². The summed E-state index contributed by atoms with van der Waals surface area (Å²) in [5, 5.41) is 0. The Balaban J connectivity index is 1.48. The average molecular weight is 378 g/mol. The quantitative estimate of drug-likeness (QED) is 0.816. The van der Waals surface area contributed by atoms with Crippen LogP contribution in [0.5, 0.6) is 5.75 Å². The Morgan fingerprint density at radius 3 is 2.60 bits per heavy atom. The summed E-state index contributed by atoms with van der Waals surface area (Å²) in [6.07, 6.45) is 4.36. The van der Waals surface area contributed by atoms with E-state index in [1.807, 2.05) is 31.2 Å². The zero-order valence-electron chi connectivity index (χ0n) is 14.4. The molecule has 1 saturated heterocycles. The summed E-state index contributed by atoms with van der Waals surface area (Å²) in [6.45, 7) is 3.11. The monoisotopic (exact) mass is 377 g/mol. The Hall–Kier alpha value is -1.37. The summed E-state index contributed by atoms with van der Waals surface area (Å²) in [7, 11) is -3.37. The predicted octanol–water partition coefficient (Wildman–Crippen LogP) is 3.86. The molecule has 2 aliphatic heterocycles. The number of rotatable bonds is 3. The molecule has 3 heterocycles. The average Bonchev–Trinajstić information content (AvgIpc) is 3.12. The van der Waals surface area contributed by atoms with Crippen molar-refractivity contribution in [2.24, 2.45) is 0 Å². The second-order valence-electron chi connectivity index (χ2n) is 6.87. The number of hydrogen-bond acceptors (Lipinski definition) is 4. The minimum absolute atomic E-state index is 0.204. The molecule has 1 fully saturated rings. The van der Waals surface area contributed by atoms with Crippen molar-refractivity contribution in [2.45, 2.75) is 48.8 Å². The van der Waals surface area contributed by atoms with Gasteiger partial charge in [-0.25, -0.2) is 8.42 Å². The van der Waals surface area contributed by atoms with E-state index in [0.717, 1.165) is 42.7 Å². The Labute approximate surface area is 153 Å². The lowest BCUT2D eigenvalue weighted by molar-refractivity contribution is 0.00184. The lowest BCUT2D eigenvalue weighted by atomic mass is 9.84. The number of hydrogen-bond donors (Lipinski definition) is 0. The van der Waals surface area contributed by atoms with E-state index < -0.39 is 10.0 Å². The van der Waals surface area contributed by atoms with E-state index in [0.29, 0.717) is 17.3 Å². The lowest BCUT2D eigenvalue weighted by Gasteiger charge is -2.44. The van der Waals surface area contributed by atoms with Crippen LogP contribution in [-0.4, -0.2) is 31.4 Å². The highest BCUT2D eigenvalue weighted by atomic mass is 32.2. The minimum atomic E-state index is -3.37. The number of benzene rings is 1. The van der Waals surface area contributed by atoms with Gasteiger partial charge in [-0.2, -0.15) is 4.31 Å². The van der Waals surface area contributed by atoms with Gasteiger partial charge in [-0.1, -0.05) is 25.1 Å². The molecule has 1 spiro atoms. The van der Waals surface area contributed by atoms with Crippen LogP contribution in [0.25, 0.3) is 0 Å². The van der Waals surface area contributed by atoms with Crippen LogP contribution in [0.1, 0.15) is 36.6 Å². The molecule has 6 heteroatoms. The molecule has 4 rings (SSSR count). The lowest BCUT2D eigenvalue weighted by Crippen LogP contribution is -2.51. The number of ether oxygens (including phenoxy) is 1. The number of para-hydroxylation sites is 1. The van der Waals surface area contributed by atoms with Crippen molar-refractivity contribution in [1.82, 2.24) is 4.31 Å². The van der Waals surface area contributed by atoms with Crippen molar-refractivity contribution >= 4 is 21.4 Å². The van der Waals surface area contributed by atoms with Gasteiger partial charge in [0.15, 0.2) is 0 Å². The van der Waals surface area contributed by atoms with Gasteiger partial charge in [0.2, 0.25) is 0 Å². The summed E-state index contributed by atoms with van der Waals surface area (Å²) in [5.74, 6) is 0.968. The van der Waals surface area contributed by atoms with E-state index in [9.17, 15) is 8.42 Å². The van der Waals surface area contributed by atoms with Gasteiger partial charge in [0.25, 0.3) is 10.0 Å². The van der Waals surface area contributed by atoms with Crippen molar-refractivity contribution in [1.29, 1.82) is 0 Å². The normalized spacial score (nSPS) is 20.2. The molecule has 0 saturated carbocycles. The molecule has 0 radical (unpaired) electrons. The van der Waals surface area contributed by atoms with Gasteiger partial charge < -0.3 is 4.74 Å². The second-order valence-corrected chi connectivity index (χ2v) is 10.2. The van der Waals surface area contributed by atoms with Gasteiger partial charge in [-0.15, -0.1) is 11.3 Å². The molecule has 25 heavy (non-hydrogen) atoms. The zero-order valence-corrected chi connectivity index (χ0v) is 16.0. The first kappa shape index (κ1) is 17.1. The third-order valence-electron chi connectivity index (χ3n) is 5.36. The third kappa shape index (κ3) is 3.11. The molecular formula is C19H23NO3S2. The van der Waals surface area contributed by atoms with Gasteiger partial charge in [-0.3, -0.25) is 0 Å². The molecule has 2 aliphatic rings. The number of fused-ring (bicyclic) bond motifs is 1. The highest BCUT2D eigenvalue weighted by Crippen LogP contribution is 2.40. The van der Waals surface area contributed by atoms with Crippen molar-refractivity contribution in [2.75, 3.05) is 13.1 Å². The molecule has 2 aromatic rings. The highest BCUT2D eigenvalue weighted by Gasteiger charge is 2.42. The van der Waals surface area contributed by atoms with Crippen molar-refractivity contribution in [3.05, 3.63) is 46.8 Å². The molecule has 0 amide bonds. The van der Waals surface area contributed by atoms with Crippen molar-refractivity contribution < 1.29 is 13.2 Å². The molecule has 0 bridgehead atoms. The Bertz CT molecular complexity index is 864. The molecule has 0 aliphatic carbocycles.